The highest BCUT2D eigenvalue weighted by Gasteiger charge is 2.18. The maximum Gasteiger partial charge on any atom is 0.226 e. The number of aromatic nitrogens is 1. The van der Waals surface area contributed by atoms with E-state index in [4.69, 9.17) is 13.9 Å². The zero-order chi connectivity index (χ0) is 22.2. The van der Waals surface area contributed by atoms with Crippen LogP contribution in [0, 0.1) is 6.92 Å². The molecule has 0 aliphatic heterocycles. The van der Waals surface area contributed by atoms with E-state index in [0.717, 1.165) is 18.4 Å². The first-order chi connectivity index (χ1) is 15.0. The van der Waals surface area contributed by atoms with Crippen molar-refractivity contribution in [2.24, 2.45) is 0 Å². The average Bonchev–Trinajstić information content (AvgIpc) is 3.13. The quantitative estimate of drug-likeness (QED) is 0.415. The second-order valence-corrected chi connectivity index (χ2v) is 7.36. The molecule has 3 aromatic rings. The molecule has 1 heterocycles. The van der Waals surface area contributed by atoms with Gasteiger partial charge in [-0.1, -0.05) is 30.3 Å². The summed E-state index contributed by atoms with van der Waals surface area (Å²) < 4.78 is 16.3. The highest BCUT2D eigenvalue weighted by Crippen LogP contribution is 2.32. The zero-order valence-electron chi connectivity index (χ0n) is 18.1. The number of ether oxygens (including phenoxy) is 2. The number of aryl methyl sites for hydroxylation is 2. The van der Waals surface area contributed by atoms with Crippen LogP contribution in [0.15, 0.2) is 52.9 Å². The third-order valence-corrected chi connectivity index (χ3v) is 5.05. The minimum atomic E-state index is -0.153. The van der Waals surface area contributed by atoms with Crippen molar-refractivity contribution in [3.63, 3.8) is 0 Å². The molecule has 3 rings (SSSR count). The van der Waals surface area contributed by atoms with Gasteiger partial charge in [-0.05, 0) is 43.5 Å². The molecule has 31 heavy (non-hydrogen) atoms. The number of carbonyl (C=O) groups excluding carboxylic acids is 2. The molecule has 0 aliphatic carbocycles. The Morgan fingerprint density at radius 1 is 0.968 bits per heavy atom. The third-order valence-electron chi connectivity index (χ3n) is 5.05. The van der Waals surface area contributed by atoms with Crippen LogP contribution in [0.4, 0.5) is 0 Å². The summed E-state index contributed by atoms with van der Waals surface area (Å²) in [4.78, 5) is 29.0. The van der Waals surface area contributed by atoms with Crippen LogP contribution in [0.5, 0.6) is 11.5 Å². The van der Waals surface area contributed by atoms with Crippen LogP contribution in [-0.2, 0) is 22.4 Å². The Morgan fingerprint density at radius 2 is 1.71 bits per heavy atom. The number of methoxy groups -OCH3 is 2. The van der Waals surface area contributed by atoms with E-state index in [1.165, 1.54) is 5.56 Å². The smallest absolute Gasteiger partial charge is 0.226 e. The fourth-order valence-corrected chi connectivity index (χ4v) is 3.38. The van der Waals surface area contributed by atoms with Crippen molar-refractivity contribution in [1.82, 2.24) is 4.98 Å². The molecule has 0 N–H and O–H groups in total. The van der Waals surface area contributed by atoms with Gasteiger partial charge in [0.25, 0.3) is 0 Å². The molecular weight excluding hydrogens is 394 g/mol. The van der Waals surface area contributed by atoms with Gasteiger partial charge in [0.05, 0.1) is 32.8 Å². The predicted octanol–water partition coefficient (Wildman–Crippen LogP) is 4.76. The molecule has 0 unspecified atom stereocenters. The predicted molar refractivity (Wildman–Crippen MR) is 117 cm³/mol. The minimum Gasteiger partial charge on any atom is -0.493 e. The first-order valence-electron chi connectivity index (χ1n) is 10.3. The van der Waals surface area contributed by atoms with Crippen LogP contribution in [0.1, 0.15) is 36.3 Å². The van der Waals surface area contributed by atoms with Crippen molar-refractivity contribution in [2.75, 3.05) is 14.2 Å². The van der Waals surface area contributed by atoms with Gasteiger partial charge < -0.3 is 13.9 Å². The van der Waals surface area contributed by atoms with E-state index in [9.17, 15) is 9.59 Å². The van der Waals surface area contributed by atoms with Crippen LogP contribution in [-0.4, -0.2) is 30.8 Å². The Bertz CT molecular complexity index is 1040. The Hall–Kier alpha value is -3.41. The molecule has 0 saturated carbocycles. The summed E-state index contributed by atoms with van der Waals surface area (Å²) in [7, 11) is 3.13. The van der Waals surface area contributed by atoms with Gasteiger partial charge in [0.2, 0.25) is 5.89 Å². The monoisotopic (exact) mass is 421 g/mol. The Kier molecular flexibility index (Phi) is 7.60. The standard InChI is InChI=1S/C25H27NO5/c1-17-22(26-25(31-17)19-12-13-23(29-2)24(14-19)30-3)16-21(28)15-20(27)11-7-10-18-8-5-4-6-9-18/h4-6,8-9,12-14H,7,10-11,15-16H2,1-3H3. The highest BCUT2D eigenvalue weighted by molar-refractivity contribution is 5.99. The van der Waals surface area contributed by atoms with Crippen LogP contribution < -0.4 is 9.47 Å². The summed E-state index contributed by atoms with van der Waals surface area (Å²) in [6, 6.07) is 15.4. The van der Waals surface area contributed by atoms with Crippen molar-refractivity contribution in [3.8, 4) is 23.0 Å². The lowest BCUT2D eigenvalue weighted by Gasteiger charge is -2.07. The topological polar surface area (TPSA) is 78.6 Å². The Balaban J connectivity index is 1.56. The average molecular weight is 421 g/mol. The molecule has 0 radical (unpaired) electrons. The fourth-order valence-electron chi connectivity index (χ4n) is 3.38. The maximum absolute atomic E-state index is 12.4. The Labute approximate surface area is 182 Å². The zero-order valence-corrected chi connectivity index (χ0v) is 18.1. The van der Waals surface area contributed by atoms with Crippen LogP contribution in [0.25, 0.3) is 11.5 Å². The van der Waals surface area contributed by atoms with Crippen molar-refractivity contribution in [1.29, 1.82) is 0 Å². The van der Waals surface area contributed by atoms with Gasteiger partial charge in [-0.25, -0.2) is 4.98 Å². The molecule has 0 bridgehead atoms. The number of hydrogen-bond donors (Lipinski definition) is 0. The first-order valence-corrected chi connectivity index (χ1v) is 10.3. The molecule has 2 aromatic carbocycles. The van der Waals surface area contributed by atoms with Crippen LogP contribution in [0.2, 0.25) is 0 Å². The van der Waals surface area contributed by atoms with E-state index in [1.54, 1.807) is 33.3 Å². The van der Waals surface area contributed by atoms with Gasteiger partial charge in [0.1, 0.15) is 17.3 Å². The van der Waals surface area contributed by atoms with Gasteiger partial charge >= 0.3 is 0 Å². The summed E-state index contributed by atoms with van der Waals surface area (Å²) >= 11 is 0. The molecule has 0 saturated heterocycles. The Morgan fingerprint density at radius 3 is 2.42 bits per heavy atom. The van der Waals surface area contributed by atoms with Crippen molar-refractivity contribution in [2.45, 2.75) is 39.0 Å². The summed E-state index contributed by atoms with van der Waals surface area (Å²) in [5.41, 5.74) is 2.46. The lowest BCUT2D eigenvalue weighted by Crippen LogP contribution is -2.11. The number of hydrogen-bond acceptors (Lipinski definition) is 6. The van der Waals surface area contributed by atoms with E-state index in [2.05, 4.69) is 4.98 Å². The molecular formula is C25H27NO5. The summed E-state index contributed by atoms with van der Waals surface area (Å²) in [6.07, 6.45) is 1.97. The molecule has 0 fully saturated rings. The van der Waals surface area contributed by atoms with E-state index in [0.29, 0.717) is 35.3 Å². The third kappa shape index (κ3) is 6.04. The summed E-state index contributed by atoms with van der Waals surface area (Å²) in [5.74, 6) is 1.94. The summed E-state index contributed by atoms with van der Waals surface area (Å²) in [5, 5.41) is 0. The second-order valence-electron chi connectivity index (χ2n) is 7.36. The molecule has 0 spiro atoms. The SMILES string of the molecule is COc1ccc(-c2nc(CC(=O)CC(=O)CCCc3ccccc3)c(C)o2)cc1OC. The van der Waals surface area contributed by atoms with Gasteiger partial charge in [-0.15, -0.1) is 0 Å². The first kappa shape index (κ1) is 22.3. The molecule has 1 aromatic heterocycles. The number of nitrogens with zero attached hydrogens (tertiary/aromatic N) is 1. The van der Waals surface area contributed by atoms with Gasteiger partial charge in [0.15, 0.2) is 11.5 Å². The maximum atomic E-state index is 12.4. The number of Topliss-reactive ketones (excluding diaryl/α,β-unsaturated/α-hetero) is 2. The number of carbonyl (C=O) groups is 2. The fraction of sp³-hybridized carbons (Fsp3) is 0.320. The van der Waals surface area contributed by atoms with Gasteiger partial charge in [-0.3, -0.25) is 9.59 Å². The van der Waals surface area contributed by atoms with Crippen molar-refractivity contribution < 1.29 is 23.5 Å². The lowest BCUT2D eigenvalue weighted by molar-refractivity contribution is -0.126. The number of oxazole rings is 1. The molecule has 6 nitrogen and oxygen atoms in total. The molecule has 6 heteroatoms. The number of rotatable bonds is 11. The van der Waals surface area contributed by atoms with Crippen molar-refractivity contribution in [3.05, 3.63) is 65.5 Å². The van der Waals surface area contributed by atoms with E-state index in [1.807, 2.05) is 36.4 Å². The van der Waals surface area contributed by atoms with E-state index >= 15 is 0 Å². The molecule has 0 amide bonds. The highest BCUT2D eigenvalue weighted by atomic mass is 16.5. The molecule has 0 atom stereocenters. The van der Waals surface area contributed by atoms with E-state index in [-0.39, 0.29) is 24.4 Å². The van der Waals surface area contributed by atoms with E-state index < -0.39 is 0 Å². The number of ketones is 2. The molecule has 162 valence electrons. The van der Waals surface area contributed by atoms with Crippen LogP contribution >= 0.6 is 0 Å². The van der Waals surface area contributed by atoms with Gasteiger partial charge in [-0.2, -0.15) is 0 Å². The van der Waals surface area contributed by atoms with Crippen molar-refractivity contribution >= 4 is 11.6 Å². The summed E-state index contributed by atoms with van der Waals surface area (Å²) in [6.45, 7) is 1.77. The lowest BCUT2D eigenvalue weighted by atomic mass is 10.0. The number of benzene rings is 2. The normalized spacial score (nSPS) is 10.7. The minimum absolute atomic E-state index is 0.0396. The second kappa shape index (κ2) is 10.6. The van der Waals surface area contributed by atoms with Gasteiger partial charge in [0, 0.05) is 12.0 Å². The molecule has 0 aliphatic rings. The largest absolute Gasteiger partial charge is 0.493 e. The van der Waals surface area contributed by atoms with Crippen LogP contribution in [0.3, 0.4) is 0 Å².